The lowest BCUT2D eigenvalue weighted by molar-refractivity contribution is 0.0525. The highest BCUT2D eigenvalue weighted by atomic mass is 79.9. The van der Waals surface area contributed by atoms with E-state index in [2.05, 4.69) is 144 Å². The van der Waals surface area contributed by atoms with E-state index in [4.69, 9.17) is 31.7 Å². The second kappa shape index (κ2) is 47.8. The summed E-state index contributed by atoms with van der Waals surface area (Å²) < 4.78 is 26.8. The maximum Gasteiger partial charge on any atom is 0.339 e. The first-order chi connectivity index (χ1) is 39.1. The Bertz CT molecular complexity index is 3200. The number of benzene rings is 7. The summed E-state index contributed by atoms with van der Waals surface area (Å²) in [7, 11) is 4.47. The van der Waals surface area contributed by atoms with Crippen molar-refractivity contribution >= 4 is 152 Å². The Morgan fingerprint density at radius 3 is 1.27 bits per heavy atom. The van der Waals surface area contributed by atoms with Gasteiger partial charge in [0.15, 0.2) is 0 Å². The van der Waals surface area contributed by atoms with Crippen molar-refractivity contribution in [3.63, 3.8) is 0 Å². The van der Waals surface area contributed by atoms with Crippen LogP contribution in [0.2, 0.25) is 0 Å². The summed E-state index contributed by atoms with van der Waals surface area (Å²) in [6.07, 6.45) is 0. The third-order valence-corrected chi connectivity index (χ3v) is 10.7. The van der Waals surface area contributed by atoms with Crippen molar-refractivity contribution in [2.45, 2.75) is 13.8 Å². The summed E-state index contributed by atoms with van der Waals surface area (Å²) in [6, 6.07) is 55.9. The van der Waals surface area contributed by atoms with Crippen LogP contribution in [0.4, 0.5) is 0 Å². The first-order valence-electron chi connectivity index (χ1n) is 23.0. The van der Waals surface area contributed by atoms with Crippen molar-refractivity contribution < 1.29 is 48.3 Å². The number of esters is 1. The van der Waals surface area contributed by atoms with Crippen LogP contribution in [-0.4, -0.2) is 70.0 Å². The third kappa shape index (κ3) is 38.1. The number of aliphatic hydroxyl groups is 1. The smallest absolute Gasteiger partial charge is 0.339 e. The summed E-state index contributed by atoms with van der Waals surface area (Å²) in [5.41, 5.74) is 11.2. The Morgan fingerprint density at radius 2 is 0.892 bits per heavy atom. The van der Waals surface area contributed by atoms with Crippen LogP contribution in [-0.2, 0) is 9.30 Å². The summed E-state index contributed by atoms with van der Waals surface area (Å²) in [4.78, 5) is 56.0. The number of hydrazine groups is 3. The first kappa shape index (κ1) is 79.5. The minimum Gasteiger partial charge on any atom is -0.462 e. The van der Waals surface area contributed by atoms with Crippen LogP contribution in [0.15, 0.2) is 215 Å². The number of hydrogen-bond donors (Lipinski definition) is 7. The van der Waals surface area contributed by atoms with Gasteiger partial charge in [-0.05, 0) is 165 Å². The Morgan fingerprint density at radius 1 is 0.578 bits per heavy atom. The van der Waals surface area contributed by atoms with E-state index in [1.54, 1.807) is 124 Å². The van der Waals surface area contributed by atoms with Gasteiger partial charge in [-0.25, -0.2) is 10.6 Å². The molecule has 12 N–H and O–H groups in total. The Hall–Kier alpha value is -5.56. The van der Waals surface area contributed by atoms with Crippen LogP contribution < -0.4 is 33.8 Å². The van der Waals surface area contributed by atoms with E-state index in [1.165, 1.54) is 0 Å². The van der Waals surface area contributed by atoms with Crippen molar-refractivity contribution in [2.24, 2.45) is 22.3 Å². The molecular formula is C54H57Br4Cl4N9O10P2. The minimum atomic E-state index is -3.22. The molecule has 0 saturated carbocycles. The first-order valence-corrected chi connectivity index (χ1v) is 31.4. The van der Waals surface area contributed by atoms with Crippen LogP contribution in [0.3, 0.4) is 0 Å². The summed E-state index contributed by atoms with van der Waals surface area (Å²) in [6.45, 7) is 4.13. The molecule has 0 unspecified atom stereocenters. The molecule has 3 amide bonds. The monoisotopic (exact) mass is 1510 g/mol. The summed E-state index contributed by atoms with van der Waals surface area (Å²) in [5, 5.41) is 12.1. The zero-order chi connectivity index (χ0) is 61.9. The molecule has 0 spiro atoms. The number of carbonyl (C=O) groups excluding carboxylic acids is 5. The van der Waals surface area contributed by atoms with E-state index in [0.717, 1.165) is 29.0 Å². The van der Waals surface area contributed by atoms with Gasteiger partial charge in [-0.1, -0.05) is 155 Å². The zero-order valence-corrected chi connectivity index (χ0v) is 55.3. The molecule has 0 bridgehead atoms. The fraction of sp³-hybridized carbons (Fsp3) is 0.0926. The number of ether oxygens (including phenoxy) is 1. The maximum atomic E-state index is 11.8. The number of aromatic nitrogens is 2. The SMILES string of the molecule is Brc1cccc(-c2nnc(-c3ccccc3)o2)c1.CCO.CCOC(=O)c1cccc(Br)c1.CN=P.NN.NNC(=O)c1cccc(Br)c1.O.O=C(Cl)c1ccccc1.O=C(NNC(=O)c1cccc(Br)c1)c1ccccc1.O=P(Cl)(Cl)Cl. The van der Waals surface area contributed by atoms with E-state index in [9.17, 15) is 28.5 Å². The Labute approximate surface area is 535 Å². The quantitative estimate of drug-likeness (QED) is 0.0186. The Balaban J connectivity index is 0. The van der Waals surface area contributed by atoms with E-state index >= 15 is 0 Å². The molecule has 0 aliphatic heterocycles. The number of nitrogen functional groups attached to an aromatic ring is 1. The van der Waals surface area contributed by atoms with Crippen LogP contribution in [0.25, 0.3) is 22.9 Å². The van der Waals surface area contributed by atoms with Crippen molar-refractivity contribution in [3.05, 3.63) is 234 Å². The largest absolute Gasteiger partial charge is 0.462 e. The zero-order valence-electron chi connectivity index (χ0n) is 44.1. The molecule has 8 rings (SSSR count). The number of halogens is 8. The fourth-order valence-electron chi connectivity index (χ4n) is 5.25. The average Bonchev–Trinajstić information content (AvgIpc) is 4.23. The predicted octanol–water partition coefficient (Wildman–Crippen LogP) is 14.2. The third-order valence-electron chi connectivity index (χ3n) is 8.48. The molecule has 0 aliphatic carbocycles. The minimum absolute atomic E-state index is 0. The van der Waals surface area contributed by atoms with Gasteiger partial charge in [0.1, 0.15) is 0 Å². The van der Waals surface area contributed by atoms with Gasteiger partial charge in [-0.3, -0.25) is 56.5 Å². The molecule has 0 saturated heterocycles. The fourth-order valence-corrected chi connectivity index (χ4v) is 6.97. The van der Waals surface area contributed by atoms with Gasteiger partial charge in [-0.15, -0.1) is 10.2 Å². The molecular weight excluding hydrogens is 1460 g/mol. The van der Waals surface area contributed by atoms with E-state index in [-0.39, 0.29) is 35.8 Å². The van der Waals surface area contributed by atoms with Crippen molar-refractivity contribution in [1.82, 2.24) is 26.5 Å². The number of amides is 3. The van der Waals surface area contributed by atoms with Crippen molar-refractivity contribution in [3.8, 4) is 22.9 Å². The molecule has 0 radical (unpaired) electrons. The second-order valence-corrected chi connectivity index (χ2v) is 25.5. The molecule has 0 atom stereocenters. The normalized spacial score (nSPS) is 9.24. The molecule has 0 aliphatic rings. The second-order valence-electron chi connectivity index (χ2n) is 14.4. The lowest BCUT2D eigenvalue weighted by Gasteiger charge is -2.07. The standard InChI is InChI=1S/C14H11BrN2O2.C14H9BrN2O.C9H9BrO2.C7H7BrN2O.C7H5ClO.C2H6O.CH4NP.Cl3OP.H4N2.H2O/c15-12-8-4-7-11(9-12)14(19)17-16-13(18)10-5-2-1-3-6-10;15-12-8-4-7-11(9-12)14-17-16-13(18-14)10-5-2-1-3-6-10;1-2-12-9(11)7-4-3-5-8(10)6-7;8-6-3-1-2-5(4-6)7(11)10-9;8-7(9)6-4-2-1-3-5-6;2*1-2-3;1-5(2,3)4;1-2;/h1-9H,(H,16,18)(H,17,19);1-9H;3-6H,2H2,1H3;1-4H,9H2,(H,10,11);1-5H;3H,2H2,1H3;3H,1H3;;1-2H2;1H2. The Kier molecular flexibility index (Phi) is 45.7. The molecule has 8 aromatic rings. The van der Waals surface area contributed by atoms with Gasteiger partial charge in [0.25, 0.3) is 23.0 Å². The van der Waals surface area contributed by atoms with Gasteiger partial charge in [0.2, 0.25) is 11.8 Å². The molecule has 1 heterocycles. The topological polar surface area (TPSA) is 329 Å². The van der Waals surface area contributed by atoms with Crippen LogP contribution in [0, 0.1) is 0 Å². The molecule has 19 nitrogen and oxygen atoms in total. The number of rotatable bonds is 8. The van der Waals surface area contributed by atoms with Crippen LogP contribution in [0.5, 0.6) is 0 Å². The van der Waals surface area contributed by atoms with Crippen LogP contribution in [0.1, 0.15) is 65.6 Å². The molecule has 83 heavy (non-hydrogen) atoms. The number of hydrogen-bond acceptors (Lipinski definition) is 15. The van der Waals surface area contributed by atoms with Crippen molar-refractivity contribution in [1.29, 1.82) is 0 Å². The van der Waals surface area contributed by atoms with E-state index < -0.39 is 10.4 Å². The molecule has 444 valence electrons. The highest BCUT2D eigenvalue weighted by Gasteiger charge is 2.11. The van der Waals surface area contributed by atoms with E-state index in [0.29, 0.717) is 46.2 Å². The van der Waals surface area contributed by atoms with Gasteiger partial charge in [-0.2, -0.15) is 0 Å². The molecule has 0 fully saturated rings. The van der Waals surface area contributed by atoms with Crippen LogP contribution >= 0.6 is 123 Å². The number of aliphatic hydroxyl groups excluding tert-OH is 1. The maximum absolute atomic E-state index is 11.8. The lowest BCUT2D eigenvalue weighted by atomic mass is 10.2. The highest BCUT2D eigenvalue weighted by Crippen LogP contribution is 2.61. The van der Waals surface area contributed by atoms with Crippen molar-refractivity contribution in [2.75, 3.05) is 20.3 Å². The number of nitrogens with two attached hydrogens (primary N) is 3. The predicted molar refractivity (Wildman–Crippen MR) is 347 cm³/mol. The van der Waals surface area contributed by atoms with Gasteiger partial charge >= 0.3 is 11.2 Å². The highest BCUT2D eigenvalue weighted by molar-refractivity contribution is 9.11. The number of nitrogens with zero attached hydrogens (tertiary/aromatic N) is 3. The summed E-state index contributed by atoms with van der Waals surface area (Å²) in [5.74, 6) is 12.7. The van der Waals surface area contributed by atoms with Gasteiger partial charge in [0, 0.05) is 64.9 Å². The average molecular weight is 1520 g/mol. The van der Waals surface area contributed by atoms with Gasteiger partial charge in [0.05, 0.1) is 12.2 Å². The van der Waals surface area contributed by atoms with E-state index in [1.807, 2.05) is 90.4 Å². The lowest BCUT2D eigenvalue weighted by Crippen LogP contribution is -2.41. The molecule has 7 aromatic carbocycles. The van der Waals surface area contributed by atoms with Gasteiger partial charge < -0.3 is 19.7 Å². The number of carbonyl (C=O) groups is 5. The molecule has 1 aromatic heterocycles. The number of nitrogens with one attached hydrogen (secondary N) is 3. The molecule has 29 heteroatoms. The summed E-state index contributed by atoms with van der Waals surface area (Å²) >= 11 is 32.2.